The minimum Gasteiger partial charge on any atom is -0.450 e. The number of hydrogen-bond donors (Lipinski definition) is 3. The maximum Gasteiger partial charge on any atom is 0.503 e. The summed E-state index contributed by atoms with van der Waals surface area (Å²) in [5, 5.41) is 21.9. The summed E-state index contributed by atoms with van der Waals surface area (Å²) in [6.07, 6.45) is 8.83. The Balaban J connectivity index is 0.000000516. The van der Waals surface area contributed by atoms with Gasteiger partial charge in [-0.05, 0) is 63.9 Å². The van der Waals surface area contributed by atoms with E-state index in [1.165, 1.54) is 29.7 Å². The second-order valence-corrected chi connectivity index (χ2v) is 7.88. The maximum atomic E-state index is 12.6. The average molecular weight is 405 g/mol. The van der Waals surface area contributed by atoms with Gasteiger partial charge in [0.2, 0.25) is 0 Å². The minimum absolute atomic E-state index is 0.0192. The van der Waals surface area contributed by atoms with Gasteiger partial charge in [-0.25, -0.2) is 4.79 Å². The molecule has 2 aromatic rings. The molecule has 2 aromatic heterocycles. The summed E-state index contributed by atoms with van der Waals surface area (Å²) in [6, 6.07) is 0. The van der Waals surface area contributed by atoms with Crippen molar-refractivity contribution in [3.05, 3.63) is 27.9 Å². The summed E-state index contributed by atoms with van der Waals surface area (Å²) < 4.78 is 5.42. The molecule has 0 radical (unpaired) electrons. The molecule has 0 fully saturated rings. The largest absolute Gasteiger partial charge is 0.503 e. The second-order valence-electron chi connectivity index (χ2n) is 6.77. The standard InChI is InChI=1S/C18H21N3O2S.CH2O3/c1-11-19-17(23-21-11)15-13-9-5-6-10-14(13)24-18(15)20-16(22)12-7-3-2-4-8-12;2-1(3)4/h7H,2-6,8-10H2,1H3,(H,20,22);(H2,2,3,4). The molecule has 0 unspecified atom stereocenters. The van der Waals surface area contributed by atoms with Crippen LogP contribution in [0.15, 0.2) is 16.2 Å². The topological polar surface area (TPSA) is 126 Å². The van der Waals surface area contributed by atoms with Crippen LogP contribution in [0.1, 0.15) is 54.8 Å². The quantitative estimate of drug-likeness (QED) is 0.679. The van der Waals surface area contributed by atoms with Gasteiger partial charge in [-0.2, -0.15) is 4.98 Å². The molecule has 2 aliphatic rings. The van der Waals surface area contributed by atoms with Gasteiger partial charge in [-0.1, -0.05) is 11.2 Å². The lowest BCUT2D eigenvalue weighted by Gasteiger charge is -2.13. The molecule has 2 heterocycles. The number of carbonyl (C=O) groups excluding carboxylic acids is 1. The Kier molecular flexibility index (Phi) is 6.45. The van der Waals surface area contributed by atoms with Crippen molar-refractivity contribution in [3.63, 3.8) is 0 Å². The molecule has 1 amide bonds. The van der Waals surface area contributed by atoms with E-state index in [1.807, 2.05) is 6.92 Å². The maximum absolute atomic E-state index is 12.6. The van der Waals surface area contributed by atoms with Crippen LogP contribution < -0.4 is 5.32 Å². The summed E-state index contributed by atoms with van der Waals surface area (Å²) >= 11 is 1.67. The van der Waals surface area contributed by atoms with Crippen LogP contribution in [-0.2, 0) is 17.6 Å². The van der Waals surface area contributed by atoms with Crippen molar-refractivity contribution in [1.82, 2.24) is 10.1 Å². The number of anilines is 1. The van der Waals surface area contributed by atoms with Crippen LogP contribution in [0.5, 0.6) is 0 Å². The van der Waals surface area contributed by atoms with Crippen LogP contribution in [-0.4, -0.2) is 32.4 Å². The zero-order chi connectivity index (χ0) is 20.1. The van der Waals surface area contributed by atoms with Gasteiger partial charge in [0, 0.05) is 10.5 Å². The smallest absolute Gasteiger partial charge is 0.450 e. The zero-order valence-corrected chi connectivity index (χ0v) is 16.5. The molecular formula is C19H23N3O5S. The van der Waals surface area contributed by atoms with E-state index < -0.39 is 6.16 Å². The molecule has 9 heteroatoms. The lowest BCUT2D eigenvalue weighted by molar-refractivity contribution is -0.113. The van der Waals surface area contributed by atoms with Crippen LogP contribution in [0.3, 0.4) is 0 Å². The summed E-state index contributed by atoms with van der Waals surface area (Å²) in [5.41, 5.74) is 3.13. The van der Waals surface area contributed by atoms with E-state index >= 15 is 0 Å². The number of thiophene rings is 1. The van der Waals surface area contributed by atoms with E-state index in [-0.39, 0.29) is 5.91 Å². The van der Waals surface area contributed by atoms with Crippen molar-refractivity contribution in [1.29, 1.82) is 0 Å². The molecule has 0 aliphatic heterocycles. The summed E-state index contributed by atoms with van der Waals surface area (Å²) in [4.78, 5) is 26.9. The predicted molar refractivity (Wildman–Crippen MR) is 105 cm³/mol. The molecule has 0 saturated carbocycles. The predicted octanol–water partition coefficient (Wildman–Crippen LogP) is 4.65. The van der Waals surface area contributed by atoms with E-state index in [0.717, 1.165) is 48.2 Å². The highest BCUT2D eigenvalue weighted by molar-refractivity contribution is 7.17. The Labute approximate surface area is 166 Å². The number of hydrogen-bond acceptors (Lipinski definition) is 6. The van der Waals surface area contributed by atoms with Gasteiger partial charge in [0.15, 0.2) is 5.82 Å². The van der Waals surface area contributed by atoms with Crippen LogP contribution in [0, 0.1) is 6.92 Å². The molecule has 8 nitrogen and oxygen atoms in total. The Hall–Kier alpha value is -2.68. The fraction of sp³-hybridized carbons (Fsp3) is 0.474. The molecule has 0 saturated heterocycles. The lowest BCUT2D eigenvalue weighted by atomic mass is 9.95. The Morgan fingerprint density at radius 3 is 2.50 bits per heavy atom. The summed E-state index contributed by atoms with van der Waals surface area (Å²) in [5.74, 6) is 1.17. The first-order valence-corrected chi connectivity index (χ1v) is 10.1. The van der Waals surface area contributed by atoms with Crippen LogP contribution >= 0.6 is 11.3 Å². The van der Waals surface area contributed by atoms with Crippen LogP contribution in [0.25, 0.3) is 11.5 Å². The Morgan fingerprint density at radius 2 is 1.86 bits per heavy atom. The monoisotopic (exact) mass is 405 g/mol. The number of carbonyl (C=O) groups is 2. The number of amides is 1. The van der Waals surface area contributed by atoms with Crippen molar-refractivity contribution >= 4 is 28.4 Å². The molecular weight excluding hydrogens is 382 g/mol. The van der Waals surface area contributed by atoms with Gasteiger partial charge >= 0.3 is 6.16 Å². The molecule has 150 valence electrons. The van der Waals surface area contributed by atoms with Gasteiger partial charge in [0.1, 0.15) is 5.00 Å². The molecule has 0 atom stereocenters. The molecule has 2 aliphatic carbocycles. The van der Waals surface area contributed by atoms with Crippen molar-refractivity contribution in [2.75, 3.05) is 5.32 Å². The van der Waals surface area contributed by atoms with E-state index in [9.17, 15) is 4.79 Å². The number of nitrogens with one attached hydrogen (secondary N) is 1. The van der Waals surface area contributed by atoms with Gasteiger partial charge in [-0.3, -0.25) is 4.79 Å². The highest BCUT2D eigenvalue weighted by atomic mass is 32.1. The molecule has 4 rings (SSSR count). The molecule has 0 bridgehead atoms. The van der Waals surface area contributed by atoms with Crippen molar-refractivity contribution < 1.29 is 24.3 Å². The van der Waals surface area contributed by atoms with Crippen LogP contribution in [0.2, 0.25) is 0 Å². The van der Waals surface area contributed by atoms with Crippen molar-refractivity contribution in [2.45, 2.75) is 58.3 Å². The second kappa shape index (κ2) is 9.01. The van der Waals surface area contributed by atoms with Gasteiger partial charge < -0.3 is 20.1 Å². The van der Waals surface area contributed by atoms with Gasteiger partial charge in [-0.15, -0.1) is 11.3 Å². The van der Waals surface area contributed by atoms with E-state index in [1.54, 1.807) is 11.3 Å². The fourth-order valence-electron chi connectivity index (χ4n) is 3.51. The van der Waals surface area contributed by atoms with E-state index in [2.05, 4.69) is 21.5 Å². The molecule has 3 N–H and O–H groups in total. The Bertz CT molecular complexity index is 896. The number of allylic oxidation sites excluding steroid dienone is 1. The highest BCUT2D eigenvalue weighted by Crippen LogP contribution is 2.43. The fourth-order valence-corrected chi connectivity index (χ4v) is 4.78. The number of fused-ring (bicyclic) bond motifs is 1. The van der Waals surface area contributed by atoms with Crippen molar-refractivity contribution in [2.24, 2.45) is 0 Å². The lowest BCUT2D eigenvalue weighted by Crippen LogP contribution is -2.15. The van der Waals surface area contributed by atoms with Gasteiger partial charge in [0.05, 0.1) is 5.56 Å². The highest BCUT2D eigenvalue weighted by Gasteiger charge is 2.27. The first-order valence-electron chi connectivity index (χ1n) is 9.33. The zero-order valence-electron chi connectivity index (χ0n) is 15.7. The Morgan fingerprint density at radius 1 is 1.14 bits per heavy atom. The number of carboxylic acid groups (broad SMARTS) is 2. The number of nitrogens with zero attached hydrogens (tertiary/aromatic N) is 2. The minimum atomic E-state index is -1.83. The summed E-state index contributed by atoms with van der Waals surface area (Å²) in [6.45, 7) is 1.82. The SMILES string of the molecule is Cc1noc(-c2c(NC(=O)C3=CCCCC3)sc3c2CCCC3)n1.O=C(O)O. The van der Waals surface area contributed by atoms with Crippen LogP contribution in [0.4, 0.5) is 9.80 Å². The third kappa shape index (κ3) is 4.78. The van der Waals surface area contributed by atoms with Crippen molar-refractivity contribution in [3.8, 4) is 11.5 Å². The van der Waals surface area contributed by atoms with Gasteiger partial charge in [0.25, 0.3) is 11.8 Å². The number of rotatable bonds is 3. The number of aromatic nitrogens is 2. The number of aryl methyl sites for hydroxylation is 2. The molecule has 0 aromatic carbocycles. The van der Waals surface area contributed by atoms with E-state index in [0.29, 0.717) is 11.7 Å². The first kappa shape index (κ1) is 20.1. The third-order valence-corrected chi connectivity index (χ3v) is 5.93. The average Bonchev–Trinajstić information content (AvgIpc) is 3.24. The van der Waals surface area contributed by atoms with E-state index in [4.69, 9.17) is 19.5 Å². The molecule has 28 heavy (non-hydrogen) atoms. The third-order valence-electron chi connectivity index (χ3n) is 4.72. The summed E-state index contributed by atoms with van der Waals surface area (Å²) in [7, 11) is 0. The normalized spacial score (nSPS) is 15.7. The molecule has 0 spiro atoms. The first-order chi connectivity index (χ1) is 13.5.